The topological polar surface area (TPSA) is 78.4 Å². The van der Waals surface area contributed by atoms with E-state index in [0.29, 0.717) is 19.4 Å². The number of carbonyl (C=O) groups excluding carboxylic acids is 1. The SMILES string of the molecule is CCC(CC)(CNC(=O)NCc1cc(Br)cs1)C(=O)O. The molecule has 20 heavy (non-hydrogen) atoms. The van der Waals surface area contributed by atoms with Gasteiger partial charge in [0.1, 0.15) is 0 Å². The van der Waals surface area contributed by atoms with Gasteiger partial charge in [-0.05, 0) is 34.8 Å². The van der Waals surface area contributed by atoms with Crippen molar-refractivity contribution in [3.63, 3.8) is 0 Å². The number of rotatable bonds is 7. The van der Waals surface area contributed by atoms with Gasteiger partial charge in [0.15, 0.2) is 0 Å². The highest BCUT2D eigenvalue weighted by Crippen LogP contribution is 2.25. The van der Waals surface area contributed by atoms with Crippen molar-refractivity contribution in [3.8, 4) is 0 Å². The van der Waals surface area contributed by atoms with Crippen LogP contribution < -0.4 is 10.6 Å². The maximum atomic E-state index is 11.7. The largest absolute Gasteiger partial charge is 0.481 e. The number of amides is 2. The number of aliphatic carboxylic acids is 1. The molecule has 0 saturated heterocycles. The molecule has 1 rings (SSSR count). The Morgan fingerprint density at radius 1 is 1.35 bits per heavy atom. The van der Waals surface area contributed by atoms with Gasteiger partial charge in [0, 0.05) is 21.3 Å². The second-order valence-electron chi connectivity index (χ2n) is 4.56. The number of urea groups is 1. The van der Waals surface area contributed by atoms with Crippen molar-refractivity contribution < 1.29 is 14.7 Å². The summed E-state index contributed by atoms with van der Waals surface area (Å²) in [6.07, 6.45) is 0.966. The van der Waals surface area contributed by atoms with E-state index in [1.165, 1.54) is 0 Å². The van der Waals surface area contributed by atoms with Crippen LogP contribution in [0.1, 0.15) is 31.6 Å². The molecule has 7 heteroatoms. The lowest BCUT2D eigenvalue weighted by Crippen LogP contribution is -2.45. The van der Waals surface area contributed by atoms with E-state index < -0.39 is 11.4 Å². The minimum atomic E-state index is -0.886. The second-order valence-corrected chi connectivity index (χ2v) is 6.47. The zero-order chi connectivity index (χ0) is 15.2. The number of carboxylic acids is 1. The van der Waals surface area contributed by atoms with Crippen LogP contribution in [-0.4, -0.2) is 23.7 Å². The fourth-order valence-corrected chi connectivity index (χ4v) is 3.19. The molecule has 0 aliphatic carbocycles. The summed E-state index contributed by atoms with van der Waals surface area (Å²) in [4.78, 5) is 24.0. The summed E-state index contributed by atoms with van der Waals surface area (Å²) in [5.74, 6) is -0.870. The maximum absolute atomic E-state index is 11.7. The Labute approximate surface area is 130 Å². The summed E-state index contributed by atoms with van der Waals surface area (Å²) in [5, 5.41) is 16.6. The van der Waals surface area contributed by atoms with Crippen molar-refractivity contribution >= 4 is 39.3 Å². The minimum Gasteiger partial charge on any atom is -0.481 e. The van der Waals surface area contributed by atoms with Crippen molar-refractivity contribution in [2.75, 3.05) is 6.54 Å². The van der Waals surface area contributed by atoms with Gasteiger partial charge >= 0.3 is 12.0 Å². The molecule has 112 valence electrons. The van der Waals surface area contributed by atoms with Crippen molar-refractivity contribution in [1.82, 2.24) is 10.6 Å². The molecule has 0 aliphatic heterocycles. The molecular weight excluding hydrogens is 344 g/mol. The second kappa shape index (κ2) is 7.64. The molecule has 0 bridgehead atoms. The molecule has 5 nitrogen and oxygen atoms in total. The third-order valence-electron chi connectivity index (χ3n) is 3.44. The molecule has 0 fully saturated rings. The average molecular weight is 363 g/mol. The van der Waals surface area contributed by atoms with E-state index in [-0.39, 0.29) is 12.6 Å². The van der Waals surface area contributed by atoms with E-state index in [4.69, 9.17) is 0 Å². The average Bonchev–Trinajstić information content (AvgIpc) is 2.83. The monoisotopic (exact) mass is 362 g/mol. The third kappa shape index (κ3) is 4.49. The van der Waals surface area contributed by atoms with E-state index in [9.17, 15) is 14.7 Å². The van der Waals surface area contributed by atoms with Gasteiger partial charge in [0.25, 0.3) is 0 Å². The molecule has 1 heterocycles. The van der Waals surface area contributed by atoms with E-state index >= 15 is 0 Å². The Hall–Kier alpha value is -1.08. The third-order valence-corrected chi connectivity index (χ3v) is 5.14. The number of nitrogens with one attached hydrogen (secondary N) is 2. The molecular formula is C13H19BrN2O3S. The summed E-state index contributed by atoms with van der Waals surface area (Å²) >= 11 is 4.89. The van der Waals surface area contributed by atoms with E-state index in [1.807, 2.05) is 25.3 Å². The summed E-state index contributed by atoms with van der Waals surface area (Å²) in [7, 11) is 0. The highest BCUT2D eigenvalue weighted by Gasteiger charge is 2.35. The van der Waals surface area contributed by atoms with Crippen LogP contribution in [-0.2, 0) is 11.3 Å². The van der Waals surface area contributed by atoms with E-state index in [0.717, 1.165) is 9.35 Å². The van der Waals surface area contributed by atoms with Crippen LogP contribution in [0.15, 0.2) is 15.9 Å². The van der Waals surface area contributed by atoms with Crippen molar-refractivity contribution in [1.29, 1.82) is 0 Å². The quantitative estimate of drug-likeness (QED) is 0.696. The first kappa shape index (κ1) is 17.0. The first-order chi connectivity index (χ1) is 9.43. The zero-order valence-electron chi connectivity index (χ0n) is 11.5. The summed E-state index contributed by atoms with van der Waals surface area (Å²) in [5.41, 5.74) is -0.886. The molecule has 0 unspecified atom stereocenters. The smallest absolute Gasteiger partial charge is 0.315 e. The number of halogens is 1. The zero-order valence-corrected chi connectivity index (χ0v) is 13.9. The van der Waals surface area contributed by atoms with Gasteiger partial charge in [-0.3, -0.25) is 4.79 Å². The Balaban J connectivity index is 2.44. The number of thiophene rings is 1. The number of hydrogen-bond donors (Lipinski definition) is 3. The summed E-state index contributed by atoms with van der Waals surface area (Å²) in [6.45, 7) is 4.20. The lowest BCUT2D eigenvalue weighted by molar-refractivity contribution is -0.149. The van der Waals surface area contributed by atoms with Crippen LogP contribution in [0.25, 0.3) is 0 Å². The van der Waals surface area contributed by atoms with Gasteiger partial charge in [-0.15, -0.1) is 11.3 Å². The number of carboxylic acid groups (broad SMARTS) is 1. The van der Waals surface area contributed by atoms with Crippen LogP contribution in [0.5, 0.6) is 0 Å². The summed E-state index contributed by atoms with van der Waals surface area (Å²) in [6, 6.07) is 1.59. The molecule has 2 amide bonds. The Kier molecular flexibility index (Phi) is 6.48. The van der Waals surface area contributed by atoms with Gasteiger partial charge in [0.2, 0.25) is 0 Å². The van der Waals surface area contributed by atoms with Crippen molar-refractivity contribution in [3.05, 3.63) is 20.8 Å². The first-order valence-corrected chi connectivity index (χ1v) is 8.08. The molecule has 1 aromatic rings. The Morgan fingerprint density at radius 3 is 2.45 bits per heavy atom. The maximum Gasteiger partial charge on any atom is 0.315 e. The fraction of sp³-hybridized carbons (Fsp3) is 0.538. The van der Waals surface area contributed by atoms with Crippen molar-refractivity contribution in [2.24, 2.45) is 5.41 Å². The normalized spacial score (nSPS) is 11.2. The van der Waals surface area contributed by atoms with Crippen LogP contribution in [0.4, 0.5) is 4.79 Å². The number of hydrogen-bond acceptors (Lipinski definition) is 3. The van der Waals surface area contributed by atoms with Crippen LogP contribution in [0, 0.1) is 5.41 Å². The lowest BCUT2D eigenvalue weighted by Gasteiger charge is -2.26. The van der Waals surface area contributed by atoms with Crippen LogP contribution >= 0.6 is 27.3 Å². The number of carbonyl (C=O) groups is 2. The van der Waals surface area contributed by atoms with Gasteiger partial charge in [-0.25, -0.2) is 4.79 Å². The molecule has 1 aromatic heterocycles. The molecule has 0 aromatic carbocycles. The predicted molar refractivity (Wildman–Crippen MR) is 82.9 cm³/mol. The predicted octanol–water partition coefficient (Wildman–Crippen LogP) is 3.20. The highest BCUT2D eigenvalue weighted by atomic mass is 79.9. The molecule has 0 atom stereocenters. The summed E-state index contributed by atoms with van der Waals surface area (Å²) < 4.78 is 0.988. The fourth-order valence-electron chi connectivity index (χ4n) is 1.80. The first-order valence-electron chi connectivity index (χ1n) is 6.41. The van der Waals surface area contributed by atoms with Gasteiger partial charge in [0.05, 0.1) is 12.0 Å². The molecule has 0 radical (unpaired) electrons. The van der Waals surface area contributed by atoms with Gasteiger partial charge in [-0.1, -0.05) is 13.8 Å². The molecule has 0 aliphatic rings. The van der Waals surface area contributed by atoms with Crippen LogP contribution in [0.2, 0.25) is 0 Å². The molecule has 3 N–H and O–H groups in total. The van der Waals surface area contributed by atoms with E-state index in [2.05, 4.69) is 26.6 Å². The van der Waals surface area contributed by atoms with Crippen molar-refractivity contribution in [2.45, 2.75) is 33.2 Å². The minimum absolute atomic E-state index is 0.134. The van der Waals surface area contributed by atoms with Gasteiger partial charge in [-0.2, -0.15) is 0 Å². The Morgan fingerprint density at radius 2 is 2.00 bits per heavy atom. The van der Waals surface area contributed by atoms with Gasteiger partial charge < -0.3 is 15.7 Å². The lowest BCUT2D eigenvalue weighted by atomic mass is 9.82. The highest BCUT2D eigenvalue weighted by molar-refractivity contribution is 9.10. The Bertz CT molecular complexity index is 472. The van der Waals surface area contributed by atoms with E-state index in [1.54, 1.807) is 11.3 Å². The standard InChI is InChI=1S/C13H19BrN2O3S/c1-3-13(4-2,11(17)18)8-16-12(19)15-6-10-5-9(14)7-20-10/h5,7H,3-4,6,8H2,1-2H3,(H,17,18)(H2,15,16,19). The molecule has 0 spiro atoms. The molecule has 0 saturated carbocycles. The van der Waals surface area contributed by atoms with Crippen LogP contribution in [0.3, 0.4) is 0 Å².